The molecule has 0 heterocycles. The Bertz CT molecular complexity index is 406. The van der Waals surface area contributed by atoms with Crippen molar-refractivity contribution in [1.29, 1.82) is 0 Å². The summed E-state index contributed by atoms with van der Waals surface area (Å²) in [6, 6.07) is 10.1. The standard InChI is InChI=1S/C16H24N2O2.ClH/c17-15-8-6-13(7-9-15)10-11-18-16(19)20-12-14-4-2-1-3-5-14;/h1-5,13,15H,6-12,17H2,(H,18,19);1H. The third-order valence-electron chi connectivity index (χ3n) is 3.93. The van der Waals surface area contributed by atoms with E-state index in [0.717, 1.165) is 24.8 Å². The van der Waals surface area contributed by atoms with Gasteiger partial charge in [0.1, 0.15) is 6.61 Å². The van der Waals surface area contributed by atoms with Gasteiger partial charge in [-0.2, -0.15) is 0 Å². The summed E-state index contributed by atoms with van der Waals surface area (Å²) in [4.78, 5) is 11.6. The fraction of sp³-hybridized carbons (Fsp3) is 0.562. The number of carbonyl (C=O) groups is 1. The minimum atomic E-state index is -0.332. The normalized spacial score (nSPS) is 21.2. The van der Waals surface area contributed by atoms with E-state index in [9.17, 15) is 4.79 Å². The predicted molar refractivity (Wildman–Crippen MR) is 86.4 cm³/mol. The Morgan fingerprint density at radius 1 is 1.19 bits per heavy atom. The number of nitrogens with one attached hydrogen (secondary N) is 1. The van der Waals surface area contributed by atoms with Crippen LogP contribution in [-0.4, -0.2) is 18.7 Å². The Morgan fingerprint density at radius 3 is 2.52 bits per heavy atom. The second-order valence-electron chi connectivity index (χ2n) is 5.56. The van der Waals surface area contributed by atoms with E-state index in [1.807, 2.05) is 30.3 Å². The Balaban J connectivity index is 0.00000220. The minimum absolute atomic E-state index is 0. The Kier molecular flexibility index (Phi) is 8.16. The van der Waals surface area contributed by atoms with Crippen molar-refractivity contribution in [3.63, 3.8) is 0 Å². The molecule has 21 heavy (non-hydrogen) atoms. The molecular formula is C16H25ClN2O2. The molecule has 1 aliphatic carbocycles. The van der Waals surface area contributed by atoms with Gasteiger partial charge in [-0.1, -0.05) is 30.3 Å². The molecule has 5 heteroatoms. The zero-order valence-corrected chi connectivity index (χ0v) is 13.1. The first-order valence-corrected chi connectivity index (χ1v) is 7.44. The largest absolute Gasteiger partial charge is 0.445 e. The van der Waals surface area contributed by atoms with Crippen LogP contribution in [0.5, 0.6) is 0 Å². The van der Waals surface area contributed by atoms with Crippen molar-refractivity contribution in [2.75, 3.05) is 6.54 Å². The number of alkyl carbamates (subject to hydrolysis) is 1. The van der Waals surface area contributed by atoms with Crippen LogP contribution in [0.2, 0.25) is 0 Å². The number of benzene rings is 1. The van der Waals surface area contributed by atoms with Gasteiger partial charge in [-0.3, -0.25) is 0 Å². The molecule has 0 bridgehead atoms. The quantitative estimate of drug-likeness (QED) is 0.877. The molecule has 1 aromatic carbocycles. The molecule has 0 aromatic heterocycles. The van der Waals surface area contributed by atoms with E-state index >= 15 is 0 Å². The van der Waals surface area contributed by atoms with Crippen molar-refractivity contribution in [1.82, 2.24) is 5.32 Å². The van der Waals surface area contributed by atoms with Gasteiger partial charge in [-0.15, -0.1) is 12.4 Å². The predicted octanol–water partition coefficient (Wildman–Crippen LogP) is 3.24. The molecule has 0 spiro atoms. The van der Waals surface area contributed by atoms with Crippen molar-refractivity contribution in [3.8, 4) is 0 Å². The zero-order chi connectivity index (χ0) is 14.2. The van der Waals surface area contributed by atoms with Crippen LogP contribution in [-0.2, 0) is 11.3 Å². The van der Waals surface area contributed by atoms with Gasteiger partial charge in [0, 0.05) is 12.6 Å². The van der Waals surface area contributed by atoms with Gasteiger partial charge < -0.3 is 15.8 Å². The van der Waals surface area contributed by atoms with E-state index in [4.69, 9.17) is 10.5 Å². The monoisotopic (exact) mass is 312 g/mol. The summed E-state index contributed by atoms with van der Waals surface area (Å²) >= 11 is 0. The highest BCUT2D eigenvalue weighted by molar-refractivity contribution is 5.85. The molecule has 1 saturated carbocycles. The third-order valence-corrected chi connectivity index (χ3v) is 3.93. The number of nitrogens with two attached hydrogens (primary N) is 1. The first kappa shape index (κ1) is 17.8. The van der Waals surface area contributed by atoms with Crippen molar-refractivity contribution in [2.24, 2.45) is 11.7 Å². The van der Waals surface area contributed by atoms with Crippen molar-refractivity contribution < 1.29 is 9.53 Å². The Morgan fingerprint density at radius 2 is 1.86 bits per heavy atom. The number of ether oxygens (including phenoxy) is 1. The first-order valence-electron chi connectivity index (χ1n) is 7.44. The van der Waals surface area contributed by atoms with E-state index in [1.165, 1.54) is 12.8 Å². The fourth-order valence-electron chi connectivity index (χ4n) is 2.63. The highest BCUT2D eigenvalue weighted by Gasteiger charge is 2.18. The van der Waals surface area contributed by atoms with Gasteiger partial charge in [0.25, 0.3) is 0 Å². The van der Waals surface area contributed by atoms with E-state index in [0.29, 0.717) is 25.1 Å². The second kappa shape index (κ2) is 9.64. The first-order chi connectivity index (χ1) is 9.74. The van der Waals surface area contributed by atoms with Crippen LogP contribution in [0.3, 0.4) is 0 Å². The molecule has 0 atom stereocenters. The third kappa shape index (κ3) is 6.82. The lowest BCUT2D eigenvalue weighted by Crippen LogP contribution is -2.30. The molecule has 0 unspecified atom stereocenters. The topological polar surface area (TPSA) is 64.3 Å². The highest BCUT2D eigenvalue weighted by atomic mass is 35.5. The second-order valence-corrected chi connectivity index (χ2v) is 5.56. The molecule has 2 rings (SSSR count). The summed E-state index contributed by atoms with van der Waals surface area (Å²) in [5, 5.41) is 2.82. The van der Waals surface area contributed by atoms with E-state index in [1.54, 1.807) is 0 Å². The van der Waals surface area contributed by atoms with Crippen LogP contribution in [0.1, 0.15) is 37.7 Å². The number of hydrogen-bond acceptors (Lipinski definition) is 3. The lowest BCUT2D eigenvalue weighted by molar-refractivity contribution is 0.138. The summed E-state index contributed by atoms with van der Waals surface area (Å²) in [6.45, 7) is 1.01. The molecule has 1 aliphatic rings. The molecule has 1 aromatic rings. The summed E-state index contributed by atoms with van der Waals surface area (Å²) < 4.78 is 5.16. The molecule has 4 nitrogen and oxygen atoms in total. The SMILES string of the molecule is Cl.NC1CCC(CCNC(=O)OCc2ccccc2)CC1. The molecule has 0 aliphatic heterocycles. The van der Waals surface area contributed by atoms with Crippen molar-refractivity contribution >= 4 is 18.5 Å². The molecule has 1 amide bonds. The summed E-state index contributed by atoms with van der Waals surface area (Å²) in [5.41, 5.74) is 6.88. The Labute approximate surface area is 132 Å². The summed E-state index contributed by atoms with van der Waals surface area (Å²) in [7, 11) is 0. The molecule has 0 radical (unpaired) electrons. The maximum Gasteiger partial charge on any atom is 0.407 e. The smallest absolute Gasteiger partial charge is 0.407 e. The summed E-state index contributed by atoms with van der Waals surface area (Å²) in [6.07, 6.45) is 5.28. The average molecular weight is 313 g/mol. The van der Waals surface area contributed by atoms with Crippen molar-refractivity contribution in [2.45, 2.75) is 44.8 Å². The van der Waals surface area contributed by atoms with Crippen LogP contribution in [0.25, 0.3) is 0 Å². The van der Waals surface area contributed by atoms with Gasteiger partial charge >= 0.3 is 6.09 Å². The van der Waals surface area contributed by atoms with Gasteiger partial charge in [-0.05, 0) is 43.6 Å². The zero-order valence-electron chi connectivity index (χ0n) is 12.3. The maximum atomic E-state index is 11.6. The minimum Gasteiger partial charge on any atom is -0.445 e. The van der Waals surface area contributed by atoms with E-state index in [-0.39, 0.29) is 18.5 Å². The van der Waals surface area contributed by atoms with E-state index < -0.39 is 0 Å². The van der Waals surface area contributed by atoms with Crippen LogP contribution >= 0.6 is 12.4 Å². The number of hydrogen-bond donors (Lipinski definition) is 2. The van der Waals surface area contributed by atoms with Gasteiger partial charge in [0.15, 0.2) is 0 Å². The van der Waals surface area contributed by atoms with Crippen LogP contribution in [0.15, 0.2) is 30.3 Å². The molecule has 3 N–H and O–H groups in total. The fourth-order valence-corrected chi connectivity index (χ4v) is 2.63. The molecule has 118 valence electrons. The molecule has 0 saturated heterocycles. The van der Waals surface area contributed by atoms with Crippen LogP contribution in [0.4, 0.5) is 4.79 Å². The van der Waals surface area contributed by atoms with Gasteiger partial charge in [0.05, 0.1) is 0 Å². The highest BCUT2D eigenvalue weighted by Crippen LogP contribution is 2.25. The van der Waals surface area contributed by atoms with E-state index in [2.05, 4.69) is 5.32 Å². The number of carbonyl (C=O) groups excluding carboxylic acids is 1. The average Bonchev–Trinajstić information content (AvgIpc) is 2.48. The number of halogens is 1. The van der Waals surface area contributed by atoms with Crippen LogP contribution < -0.4 is 11.1 Å². The van der Waals surface area contributed by atoms with Gasteiger partial charge in [0.2, 0.25) is 0 Å². The Hall–Kier alpha value is -1.26. The van der Waals surface area contributed by atoms with Crippen LogP contribution in [0, 0.1) is 5.92 Å². The number of amides is 1. The molecule has 1 fully saturated rings. The lowest BCUT2D eigenvalue weighted by Gasteiger charge is -2.25. The summed E-state index contributed by atoms with van der Waals surface area (Å²) in [5.74, 6) is 0.698. The number of rotatable bonds is 5. The molecular weight excluding hydrogens is 288 g/mol. The maximum absolute atomic E-state index is 11.6. The van der Waals surface area contributed by atoms with Crippen molar-refractivity contribution in [3.05, 3.63) is 35.9 Å². The lowest BCUT2D eigenvalue weighted by atomic mass is 9.84. The van der Waals surface area contributed by atoms with Gasteiger partial charge in [-0.25, -0.2) is 4.79 Å².